The molecule has 6 amide bonds. The van der Waals surface area contributed by atoms with Crippen molar-refractivity contribution in [3.63, 3.8) is 0 Å². The number of nitrogens with one attached hydrogen (secondary N) is 4. The topological polar surface area (TPSA) is 262 Å². The summed E-state index contributed by atoms with van der Waals surface area (Å²) in [6, 6.07) is -4.62. The molecule has 0 aromatic rings. The van der Waals surface area contributed by atoms with E-state index in [-0.39, 0.29) is 50.6 Å². The molecule has 0 aromatic carbocycles. The summed E-state index contributed by atoms with van der Waals surface area (Å²) in [4.78, 5) is 81.1. The monoisotopic (exact) mass is 625 g/mol. The van der Waals surface area contributed by atoms with E-state index < -0.39 is 60.3 Å². The standard InChI is InChI=1S/C27H47N9O8/c1-5-16(2)22(39)31-19(10-8-14-36(44)17(3)38)24(41)34-21(15-37)25(42)32-18(9-6-12-30-27(28)29)23(40)33-20-11-7-13-35(4)26(20)43/h5,18-21,37,44H,6-15H2,1-4H3,(H,31,39)(H,32,42)(H,33,40)(H,34,41)(H4,28,29,30)/b16-5-. The maximum Gasteiger partial charge on any atom is 0.247 e. The molecule has 1 aliphatic rings. The fraction of sp³-hybridized carbons (Fsp3) is 0.667. The van der Waals surface area contributed by atoms with E-state index >= 15 is 0 Å². The number of likely N-dealkylation sites (tertiary alicyclic amines) is 1. The Morgan fingerprint density at radius 1 is 1.02 bits per heavy atom. The molecule has 0 aromatic heterocycles. The third-order valence-electron chi connectivity index (χ3n) is 7.01. The highest BCUT2D eigenvalue weighted by atomic mass is 16.5. The van der Waals surface area contributed by atoms with Gasteiger partial charge in [0.05, 0.1) is 6.61 Å². The Bertz CT molecular complexity index is 1090. The zero-order valence-electron chi connectivity index (χ0n) is 25.8. The zero-order chi connectivity index (χ0) is 33.4. The highest BCUT2D eigenvalue weighted by Crippen LogP contribution is 2.11. The van der Waals surface area contributed by atoms with E-state index in [0.717, 1.165) is 6.92 Å². The van der Waals surface area contributed by atoms with Crippen molar-refractivity contribution in [1.29, 1.82) is 0 Å². The fourth-order valence-electron chi connectivity index (χ4n) is 4.22. The van der Waals surface area contributed by atoms with Crippen molar-refractivity contribution in [3.8, 4) is 0 Å². The van der Waals surface area contributed by atoms with Crippen LogP contribution in [-0.2, 0) is 28.8 Å². The predicted molar refractivity (Wildman–Crippen MR) is 159 cm³/mol. The third kappa shape index (κ3) is 12.9. The first-order valence-electron chi connectivity index (χ1n) is 14.4. The van der Waals surface area contributed by atoms with E-state index in [2.05, 4.69) is 26.3 Å². The number of hydroxylamine groups is 2. The minimum Gasteiger partial charge on any atom is -0.394 e. The van der Waals surface area contributed by atoms with Gasteiger partial charge in [-0.05, 0) is 52.4 Å². The number of aliphatic imine (C=N–C) groups is 1. The number of nitrogens with two attached hydrogens (primary N) is 2. The number of aliphatic hydroxyl groups is 1. The number of aliphatic hydroxyl groups excluding tert-OH is 1. The Labute approximate surface area is 256 Å². The SMILES string of the molecule is C/C=C(/C)C(=O)NC(CCCN(O)C(C)=O)C(=O)NC(CO)C(=O)NC(CCCN=C(N)N)C(=O)NC1CCCN(C)C1=O. The Kier molecular flexibility index (Phi) is 16.4. The minimum atomic E-state index is -1.51. The van der Waals surface area contributed by atoms with Gasteiger partial charge in [0.15, 0.2) is 5.96 Å². The van der Waals surface area contributed by atoms with Crippen molar-refractivity contribution in [2.75, 3.05) is 33.3 Å². The van der Waals surface area contributed by atoms with Gasteiger partial charge in [0.25, 0.3) is 0 Å². The van der Waals surface area contributed by atoms with Gasteiger partial charge in [0, 0.05) is 39.2 Å². The smallest absolute Gasteiger partial charge is 0.247 e. The van der Waals surface area contributed by atoms with Crippen LogP contribution in [0, 0.1) is 0 Å². The number of piperidine rings is 1. The predicted octanol–water partition coefficient (Wildman–Crippen LogP) is -2.79. The van der Waals surface area contributed by atoms with Crippen LogP contribution in [0.1, 0.15) is 59.3 Å². The highest BCUT2D eigenvalue weighted by Gasteiger charge is 2.33. The Balaban J connectivity index is 3.04. The van der Waals surface area contributed by atoms with Crippen molar-refractivity contribution in [2.24, 2.45) is 16.5 Å². The molecule has 1 fully saturated rings. The van der Waals surface area contributed by atoms with Crippen LogP contribution in [0.3, 0.4) is 0 Å². The zero-order valence-corrected chi connectivity index (χ0v) is 25.8. The van der Waals surface area contributed by atoms with Gasteiger partial charge in [-0.2, -0.15) is 0 Å². The molecule has 0 spiro atoms. The molecule has 0 aliphatic carbocycles. The van der Waals surface area contributed by atoms with Gasteiger partial charge in [-0.15, -0.1) is 0 Å². The van der Waals surface area contributed by atoms with Crippen LogP contribution in [0.4, 0.5) is 0 Å². The van der Waals surface area contributed by atoms with E-state index in [4.69, 9.17) is 11.5 Å². The number of guanidine groups is 1. The lowest BCUT2D eigenvalue weighted by molar-refractivity contribution is -0.162. The second kappa shape index (κ2) is 19.1. The van der Waals surface area contributed by atoms with Crippen LogP contribution in [0.5, 0.6) is 0 Å². The lowest BCUT2D eigenvalue weighted by atomic mass is 10.0. The van der Waals surface area contributed by atoms with Crippen molar-refractivity contribution in [2.45, 2.75) is 83.5 Å². The number of likely N-dealkylation sites (N-methyl/N-ethyl adjacent to an activating group) is 1. The molecular weight excluding hydrogens is 578 g/mol. The molecule has 1 heterocycles. The number of carbonyl (C=O) groups is 6. The average Bonchev–Trinajstić information content (AvgIpc) is 2.97. The van der Waals surface area contributed by atoms with Gasteiger partial charge >= 0.3 is 0 Å². The summed E-state index contributed by atoms with van der Waals surface area (Å²) in [5.74, 6) is -3.89. The number of hydrogen-bond acceptors (Lipinski definition) is 9. The van der Waals surface area contributed by atoms with Crippen LogP contribution < -0.4 is 32.7 Å². The number of allylic oxidation sites excluding steroid dienone is 1. The van der Waals surface area contributed by atoms with Crippen molar-refractivity contribution >= 4 is 41.4 Å². The molecular formula is C27H47N9O8. The first-order chi connectivity index (χ1) is 20.7. The van der Waals surface area contributed by atoms with E-state index in [1.807, 2.05) is 0 Å². The lowest BCUT2D eigenvalue weighted by Crippen LogP contribution is -2.59. The quantitative estimate of drug-likeness (QED) is 0.0206. The van der Waals surface area contributed by atoms with E-state index in [1.165, 1.54) is 17.9 Å². The van der Waals surface area contributed by atoms with Crippen molar-refractivity contribution in [1.82, 2.24) is 31.2 Å². The van der Waals surface area contributed by atoms with Gasteiger partial charge in [0.2, 0.25) is 35.4 Å². The maximum atomic E-state index is 13.2. The summed E-state index contributed by atoms with van der Waals surface area (Å²) in [6.45, 7) is 4.11. The second-order valence-corrected chi connectivity index (χ2v) is 10.5. The van der Waals surface area contributed by atoms with E-state index in [0.29, 0.717) is 30.0 Å². The van der Waals surface area contributed by atoms with Gasteiger partial charge in [-0.1, -0.05) is 6.08 Å². The molecule has 1 aliphatic heterocycles. The van der Waals surface area contributed by atoms with Crippen LogP contribution in [-0.4, -0.2) is 119 Å². The summed E-state index contributed by atoms with van der Waals surface area (Å²) in [7, 11) is 1.63. The molecule has 1 rings (SSSR count). The molecule has 248 valence electrons. The molecule has 1 saturated heterocycles. The summed E-state index contributed by atoms with van der Waals surface area (Å²) in [6.07, 6.45) is 3.11. The van der Waals surface area contributed by atoms with Crippen LogP contribution in [0.25, 0.3) is 0 Å². The Morgan fingerprint density at radius 3 is 2.20 bits per heavy atom. The van der Waals surface area contributed by atoms with Gasteiger partial charge < -0.3 is 42.7 Å². The van der Waals surface area contributed by atoms with Crippen LogP contribution in [0.2, 0.25) is 0 Å². The molecule has 44 heavy (non-hydrogen) atoms. The van der Waals surface area contributed by atoms with Gasteiger partial charge in [-0.25, -0.2) is 5.06 Å². The largest absolute Gasteiger partial charge is 0.394 e. The highest BCUT2D eigenvalue weighted by molar-refractivity contribution is 5.98. The molecule has 0 radical (unpaired) electrons. The number of amides is 6. The fourth-order valence-corrected chi connectivity index (χ4v) is 4.22. The van der Waals surface area contributed by atoms with Crippen molar-refractivity contribution in [3.05, 3.63) is 11.6 Å². The molecule has 17 nitrogen and oxygen atoms in total. The lowest BCUT2D eigenvalue weighted by Gasteiger charge is -2.31. The van der Waals surface area contributed by atoms with Crippen LogP contribution >= 0.6 is 0 Å². The Hall–Kier alpha value is -4.25. The third-order valence-corrected chi connectivity index (χ3v) is 7.01. The minimum absolute atomic E-state index is 0.0155. The number of carbonyl (C=O) groups excluding carboxylic acids is 6. The second-order valence-electron chi connectivity index (χ2n) is 10.5. The summed E-state index contributed by atoms with van der Waals surface area (Å²) in [5, 5.41) is 30.2. The Morgan fingerprint density at radius 2 is 1.61 bits per heavy atom. The summed E-state index contributed by atoms with van der Waals surface area (Å²) >= 11 is 0. The normalized spacial score (nSPS) is 17.0. The van der Waals surface area contributed by atoms with Crippen LogP contribution in [0.15, 0.2) is 16.6 Å². The first-order valence-corrected chi connectivity index (χ1v) is 14.4. The van der Waals surface area contributed by atoms with E-state index in [9.17, 15) is 39.1 Å². The molecule has 4 unspecified atom stereocenters. The molecule has 17 heteroatoms. The first kappa shape index (κ1) is 37.8. The molecule has 10 N–H and O–H groups in total. The number of nitrogens with zero attached hydrogens (tertiary/aromatic N) is 3. The van der Waals surface area contributed by atoms with E-state index in [1.54, 1.807) is 14.0 Å². The number of hydrogen-bond donors (Lipinski definition) is 8. The number of rotatable bonds is 17. The summed E-state index contributed by atoms with van der Waals surface area (Å²) < 4.78 is 0. The maximum absolute atomic E-state index is 13.2. The van der Waals surface area contributed by atoms with Crippen molar-refractivity contribution < 1.29 is 39.1 Å². The average molecular weight is 626 g/mol. The molecule has 4 atom stereocenters. The molecule has 0 bridgehead atoms. The molecule has 0 saturated carbocycles. The van der Waals surface area contributed by atoms with Gasteiger partial charge in [-0.3, -0.25) is 39.0 Å². The summed E-state index contributed by atoms with van der Waals surface area (Å²) in [5.41, 5.74) is 11.0. The van der Waals surface area contributed by atoms with Gasteiger partial charge in [0.1, 0.15) is 24.2 Å².